The summed E-state index contributed by atoms with van der Waals surface area (Å²) in [6, 6.07) is 8.23. The van der Waals surface area contributed by atoms with Gasteiger partial charge in [0.05, 0.1) is 6.54 Å². The van der Waals surface area contributed by atoms with Gasteiger partial charge >= 0.3 is 0 Å². The van der Waals surface area contributed by atoms with E-state index in [1.807, 2.05) is 24.3 Å². The van der Waals surface area contributed by atoms with Crippen LogP contribution in [0.4, 0.5) is 0 Å². The lowest BCUT2D eigenvalue weighted by Gasteiger charge is -2.36. The molecule has 3 rings (SSSR count). The summed E-state index contributed by atoms with van der Waals surface area (Å²) >= 11 is 2.07. The average molecular weight is 419 g/mol. The molecule has 2 aliphatic rings. The highest BCUT2D eigenvalue weighted by Gasteiger charge is 2.25. The second kappa shape index (κ2) is 10.8. The highest BCUT2D eigenvalue weighted by Crippen LogP contribution is 2.25. The van der Waals surface area contributed by atoms with E-state index in [1.54, 1.807) is 0 Å². The van der Waals surface area contributed by atoms with Crippen molar-refractivity contribution in [3.63, 3.8) is 0 Å². The van der Waals surface area contributed by atoms with Gasteiger partial charge in [0, 0.05) is 36.7 Å². The number of ether oxygens (including phenoxy) is 1. The number of nitrogens with one attached hydrogen (secondary N) is 2. The topological polar surface area (TPSA) is 66.0 Å². The lowest BCUT2D eigenvalue weighted by atomic mass is 10.1. The highest BCUT2D eigenvalue weighted by molar-refractivity contribution is 8.00. The average Bonchev–Trinajstić information content (AvgIpc) is 3.54. The van der Waals surface area contributed by atoms with Gasteiger partial charge in [0.15, 0.2) is 12.6 Å². The number of guanidine groups is 1. The van der Waals surface area contributed by atoms with Gasteiger partial charge in [-0.25, -0.2) is 4.99 Å². The van der Waals surface area contributed by atoms with E-state index in [4.69, 9.17) is 9.73 Å². The summed E-state index contributed by atoms with van der Waals surface area (Å²) in [4.78, 5) is 19.1. The van der Waals surface area contributed by atoms with Gasteiger partial charge in [-0.1, -0.05) is 26.0 Å². The molecule has 0 radical (unpaired) electrons. The first-order valence-corrected chi connectivity index (χ1v) is 11.8. The second-order valence-electron chi connectivity index (χ2n) is 8.05. The summed E-state index contributed by atoms with van der Waals surface area (Å²) in [6.07, 6.45) is 2.17. The number of carbonyl (C=O) groups excluding carboxylic acids is 1. The third kappa shape index (κ3) is 7.14. The number of hydrogen-bond acceptors (Lipinski definition) is 4. The highest BCUT2D eigenvalue weighted by atomic mass is 32.2. The summed E-state index contributed by atoms with van der Waals surface area (Å²) in [6.45, 7) is 10.3. The van der Waals surface area contributed by atoms with Crippen LogP contribution in [0.3, 0.4) is 0 Å². The minimum absolute atomic E-state index is 0.0481. The number of amides is 1. The molecule has 2 fully saturated rings. The van der Waals surface area contributed by atoms with Crippen LogP contribution in [0, 0.1) is 5.92 Å². The van der Waals surface area contributed by atoms with Gasteiger partial charge in [-0.2, -0.15) is 11.8 Å². The van der Waals surface area contributed by atoms with Crippen molar-refractivity contribution in [3.8, 4) is 5.75 Å². The Bertz CT molecular complexity index is 706. The molecule has 7 heteroatoms. The minimum atomic E-state index is -0.0481. The second-order valence-corrected chi connectivity index (χ2v) is 9.39. The van der Waals surface area contributed by atoms with Crippen LogP contribution in [0.2, 0.25) is 0 Å². The minimum Gasteiger partial charge on any atom is -0.484 e. The molecular weight excluding hydrogens is 384 g/mol. The number of rotatable bonds is 8. The molecule has 1 saturated heterocycles. The molecule has 0 aromatic heterocycles. The number of nitrogens with zero attached hydrogens (tertiary/aromatic N) is 2. The molecule has 1 aromatic carbocycles. The first kappa shape index (κ1) is 21.8. The van der Waals surface area contributed by atoms with Crippen molar-refractivity contribution in [1.29, 1.82) is 0 Å². The number of thioether (sulfide) groups is 1. The standard InChI is InChI=1S/C22H34N4O2S/c1-4-23-22(26-10-11-29-20(14-26)16(2)3)24-13-17-6-5-7-19(12-17)28-15-21(27)25-18-8-9-18/h5-7,12,16,18,20H,4,8-11,13-15H2,1-3H3,(H,23,24)(H,25,27). The van der Waals surface area contributed by atoms with Crippen LogP contribution in [-0.2, 0) is 11.3 Å². The fourth-order valence-electron chi connectivity index (χ4n) is 3.24. The van der Waals surface area contributed by atoms with Gasteiger partial charge in [0.2, 0.25) is 0 Å². The molecule has 0 bridgehead atoms. The molecule has 1 unspecified atom stereocenters. The van der Waals surface area contributed by atoms with Crippen molar-refractivity contribution in [3.05, 3.63) is 29.8 Å². The fourth-order valence-corrected chi connectivity index (χ4v) is 4.54. The molecule has 1 amide bonds. The molecular formula is C22H34N4O2S. The lowest BCUT2D eigenvalue weighted by molar-refractivity contribution is -0.123. The quantitative estimate of drug-likeness (QED) is 0.502. The summed E-state index contributed by atoms with van der Waals surface area (Å²) < 4.78 is 5.66. The summed E-state index contributed by atoms with van der Waals surface area (Å²) in [5, 5.41) is 7.03. The Balaban J connectivity index is 1.57. The van der Waals surface area contributed by atoms with Crippen molar-refractivity contribution in [2.75, 3.05) is 32.0 Å². The van der Waals surface area contributed by atoms with E-state index < -0.39 is 0 Å². The van der Waals surface area contributed by atoms with E-state index in [1.165, 1.54) is 0 Å². The largest absolute Gasteiger partial charge is 0.484 e. The van der Waals surface area contributed by atoms with Gasteiger partial charge in [0.25, 0.3) is 5.91 Å². The number of aliphatic imine (C=N–C) groups is 1. The van der Waals surface area contributed by atoms with E-state index in [9.17, 15) is 4.79 Å². The molecule has 6 nitrogen and oxygen atoms in total. The van der Waals surface area contributed by atoms with Gasteiger partial charge < -0.3 is 20.3 Å². The first-order chi connectivity index (χ1) is 14.0. The maximum Gasteiger partial charge on any atom is 0.258 e. The monoisotopic (exact) mass is 418 g/mol. The van der Waals surface area contributed by atoms with Gasteiger partial charge in [-0.05, 0) is 43.4 Å². The predicted molar refractivity (Wildman–Crippen MR) is 121 cm³/mol. The van der Waals surface area contributed by atoms with Crippen molar-refractivity contribution in [1.82, 2.24) is 15.5 Å². The van der Waals surface area contributed by atoms with Gasteiger partial charge in [0.1, 0.15) is 5.75 Å². The molecule has 0 spiro atoms. The van der Waals surface area contributed by atoms with Crippen molar-refractivity contribution >= 4 is 23.6 Å². The number of carbonyl (C=O) groups is 1. The molecule has 29 heavy (non-hydrogen) atoms. The molecule has 1 saturated carbocycles. The van der Waals surface area contributed by atoms with Crippen LogP contribution in [-0.4, -0.2) is 60.1 Å². The molecule has 160 valence electrons. The Labute approximate surface area is 178 Å². The van der Waals surface area contributed by atoms with E-state index in [0.29, 0.717) is 29.5 Å². The van der Waals surface area contributed by atoms with E-state index >= 15 is 0 Å². The zero-order chi connectivity index (χ0) is 20.6. The van der Waals surface area contributed by atoms with Crippen molar-refractivity contribution in [2.45, 2.75) is 51.4 Å². The Morgan fingerprint density at radius 2 is 2.21 bits per heavy atom. The molecule has 1 aliphatic carbocycles. The van der Waals surface area contributed by atoms with E-state index in [-0.39, 0.29) is 12.5 Å². The van der Waals surface area contributed by atoms with Crippen LogP contribution < -0.4 is 15.4 Å². The molecule has 1 atom stereocenters. The number of benzene rings is 1. The summed E-state index contributed by atoms with van der Waals surface area (Å²) in [7, 11) is 0. The third-order valence-corrected chi connectivity index (χ3v) is 6.63. The van der Waals surface area contributed by atoms with Gasteiger partial charge in [-0.15, -0.1) is 0 Å². The number of hydrogen-bond donors (Lipinski definition) is 2. The molecule has 1 heterocycles. The zero-order valence-electron chi connectivity index (χ0n) is 17.8. The maximum atomic E-state index is 11.8. The first-order valence-electron chi connectivity index (χ1n) is 10.7. The smallest absolute Gasteiger partial charge is 0.258 e. The normalized spacial score (nSPS) is 19.9. The third-order valence-electron chi connectivity index (χ3n) is 5.09. The summed E-state index contributed by atoms with van der Waals surface area (Å²) in [5.41, 5.74) is 1.08. The summed E-state index contributed by atoms with van der Waals surface area (Å²) in [5.74, 6) is 3.44. The van der Waals surface area contributed by atoms with Crippen molar-refractivity contribution in [2.24, 2.45) is 10.9 Å². The van der Waals surface area contributed by atoms with Crippen LogP contribution in [0.1, 0.15) is 39.2 Å². The Kier molecular flexibility index (Phi) is 8.09. The Hall–Kier alpha value is -1.89. The van der Waals surface area contributed by atoms with Crippen LogP contribution >= 0.6 is 11.8 Å². The van der Waals surface area contributed by atoms with Gasteiger partial charge in [-0.3, -0.25) is 4.79 Å². The maximum absolute atomic E-state index is 11.8. The zero-order valence-corrected chi connectivity index (χ0v) is 18.6. The van der Waals surface area contributed by atoms with Crippen molar-refractivity contribution < 1.29 is 9.53 Å². The predicted octanol–water partition coefficient (Wildman–Crippen LogP) is 2.88. The lowest BCUT2D eigenvalue weighted by Crippen LogP contribution is -2.49. The van der Waals surface area contributed by atoms with Crippen LogP contribution in [0.5, 0.6) is 5.75 Å². The molecule has 1 aromatic rings. The molecule has 1 aliphatic heterocycles. The van der Waals surface area contributed by atoms with Crippen LogP contribution in [0.25, 0.3) is 0 Å². The fraction of sp³-hybridized carbons (Fsp3) is 0.636. The Morgan fingerprint density at radius 1 is 1.38 bits per heavy atom. The Morgan fingerprint density at radius 3 is 2.93 bits per heavy atom. The van der Waals surface area contributed by atoms with E-state index in [0.717, 1.165) is 49.8 Å². The van der Waals surface area contributed by atoms with Crippen LogP contribution in [0.15, 0.2) is 29.3 Å². The van der Waals surface area contributed by atoms with E-state index in [2.05, 4.69) is 48.1 Å². The molecule has 2 N–H and O–H groups in total. The SMILES string of the molecule is CCNC(=NCc1cccc(OCC(=O)NC2CC2)c1)N1CCSC(C(C)C)C1.